The minimum Gasteiger partial charge on any atom is -0.478 e. The second kappa shape index (κ2) is 7.94. The molecule has 0 unspecified atom stereocenters. The second-order valence-electron chi connectivity index (χ2n) is 7.56. The lowest BCUT2D eigenvalue weighted by atomic mass is 9.88. The number of carbonyl (C=O) groups excluding carboxylic acids is 1. The van der Waals surface area contributed by atoms with Crippen molar-refractivity contribution in [3.63, 3.8) is 0 Å². The van der Waals surface area contributed by atoms with Crippen LogP contribution in [-0.2, 0) is 6.42 Å². The van der Waals surface area contributed by atoms with Crippen LogP contribution in [0.5, 0.6) is 0 Å². The Morgan fingerprint density at radius 1 is 1.26 bits per heavy atom. The number of nitrogens with zero attached hydrogens (tertiary/aromatic N) is 2. The molecule has 1 aromatic heterocycles. The Hall–Kier alpha value is -2.63. The molecule has 0 bridgehead atoms. The topological polar surface area (TPSA) is 83.6 Å². The van der Waals surface area contributed by atoms with Gasteiger partial charge in [-0.05, 0) is 43.7 Å². The predicted octanol–water partition coefficient (Wildman–Crippen LogP) is 3.90. The van der Waals surface area contributed by atoms with Crippen LogP contribution in [-0.4, -0.2) is 40.1 Å². The van der Waals surface area contributed by atoms with Gasteiger partial charge in [-0.2, -0.15) is 0 Å². The SMILES string of the molecule is Cc1noc(C(C)C)c1C(=O)N1CCC(Cc2ccccc2C(=O)O)CC1. The first-order valence-electron chi connectivity index (χ1n) is 9.45. The third kappa shape index (κ3) is 4.04. The number of rotatable bonds is 5. The summed E-state index contributed by atoms with van der Waals surface area (Å²) in [4.78, 5) is 26.2. The number of amides is 1. The molecule has 0 aliphatic carbocycles. The van der Waals surface area contributed by atoms with Crippen LogP contribution in [0.2, 0.25) is 0 Å². The standard InChI is InChI=1S/C21H26N2O4/c1-13(2)19-18(14(3)22-27-19)20(24)23-10-8-15(9-11-23)12-16-6-4-5-7-17(16)21(25)26/h4-7,13,15H,8-12H2,1-3H3,(H,25,26). The minimum atomic E-state index is -0.887. The minimum absolute atomic E-state index is 0.0122. The van der Waals surface area contributed by atoms with Gasteiger partial charge in [0.2, 0.25) is 0 Å². The zero-order valence-corrected chi connectivity index (χ0v) is 16.1. The summed E-state index contributed by atoms with van der Waals surface area (Å²) < 4.78 is 5.35. The van der Waals surface area contributed by atoms with Crippen molar-refractivity contribution < 1.29 is 19.2 Å². The summed E-state index contributed by atoms with van der Waals surface area (Å²) in [6.45, 7) is 7.12. The number of hydrogen-bond acceptors (Lipinski definition) is 4. The Balaban J connectivity index is 1.65. The smallest absolute Gasteiger partial charge is 0.335 e. The summed E-state index contributed by atoms with van der Waals surface area (Å²) in [7, 11) is 0. The van der Waals surface area contributed by atoms with Gasteiger partial charge in [-0.3, -0.25) is 4.79 Å². The third-order valence-electron chi connectivity index (χ3n) is 5.29. The fourth-order valence-corrected chi connectivity index (χ4v) is 3.76. The zero-order chi connectivity index (χ0) is 19.6. The van der Waals surface area contributed by atoms with E-state index in [4.69, 9.17) is 4.52 Å². The Kier molecular flexibility index (Phi) is 5.63. The molecule has 1 amide bonds. The van der Waals surface area contributed by atoms with Crippen LogP contribution in [0.25, 0.3) is 0 Å². The molecule has 0 spiro atoms. The first kappa shape index (κ1) is 19.1. The van der Waals surface area contributed by atoms with E-state index >= 15 is 0 Å². The number of carboxylic acids is 1. The van der Waals surface area contributed by atoms with Gasteiger partial charge < -0.3 is 14.5 Å². The fourth-order valence-electron chi connectivity index (χ4n) is 3.76. The van der Waals surface area contributed by atoms with Crippen molar-refractivity contribution in [1.29, 1.82) is 0 Å². The number of carboxylic acid groups (broad SMARTS) is 1. The van der Waals surface area contributed by atoms with E-state index in [1.54, 1.807) is 19.1 Å². The molecular weight excluding hydrogens is 344 g/mol. The van der Waals surface area contributed by atoms with Gasteiger partial charge in [-0.25, -0.2) is 4.79 Å². The zero-order valence-electron chi connectivity index (χ0n) is 16.1. The average molecular weight is 370 g/mol. The Bertz CT molecular complexity index is 832. The van der Waals surface area contributed by atoms with E-state index in [0.29, 0.717) is 41.6 Å². The number of benzene rings is 1. The van der Waals surface area contributed by atoms with Crippen LogP contribution >= 0.6 is 0 Å². The van der Waals surface area contributed by atoms with Gasteiger partial charge in [-0.1, -0.05) is 37.2 Å². The lowest BCUT2D eigenvalue weighted by molar-refractivity contribution is 0.0687. The van der Waals surface area contributed by atoms with Crippen LogP contribution in [0.3, 0.4) is 0 Å². The van der Waals surface area contributed by atoms with Gasteiger partial charge in [0.25, 0.3) is 5.91 Å². The molecule has 2 aromatic rings. The van der Waals surface area contributed by atoms with Crippen molar-refractivity contribution in [2.45, 2.75) is 46.0 Å². The number of aryl methyl sites for hydroxylation is 1. The van der Waals surface area contributed by atoms with E-state index in [1.807, 2.05) is 30.9 Å². The predicted molar refractivity (Wildman–Crippen MR) is 101 cm³/mol. The van der Waals surface area contributed by atoms with Crippen molar-refractivity contribution in [3.05, 3.63) is 52.4 Å². The molecule has 1 aliphatic rings. The molecule has 6 nitrogen and oxygen atoms in total. The number of carbonyl (C=O) groups is 2. The van der Waals surface area contributed by atoms with E-state index < -0.39 is 5.97 Å². The maximum atomic E-state index is 13.0. The van der Waals surface area contributed by atoms with Crippen molar-refractivity contribution in [2.24, 2.45) is 5.92 Å². The van der Waals surface area contributed by atoms with E-state index in [2.05, 4.69) is 5.16 Å². The molecule has 6 heteroatoms. The van der Waals surface area contributed by atoms with Crippen molar-refractivity contribution in [1.82, 2.24) is 10.1 Å². The Morgan fingerprint density at radius 3 is 2.56 bits per heavy atom. The number of piperidine rings is 1. The van der Waals surface area contributed by atoms with Crippen LogP contribution in [0.4, 0.5) is 0 Å². The molecule has 3 rings (SSSR count). The number of likely N-dealkylation sites (tertiary alicyclic amines) is 1. The highest BCUT2D eigenvalue weighted by Crippen LogP contribution is 2.28. The number of aromatic carboxylic acids is 1. The van der Waals surface area contributed by atoms with Crippen molar-refractivity contribution >= 4 is 11.9 Å². The first-order valence-corrected chi connectivity index (χ1v) is 9.45. The Labute approximate surface area is 159 Å². The van der Waals surface area contributed by atoms with Crippen LogP contribution < -0.4 is 0 Å². The lowest BCUT2D eigenvalue weighted by Gasteiger charge is -2.32. The summed E-state index contributed by atoms with van der Waals surface area (Å²) >= 11 is 0. The molecule has 2 heterocycles. The van der Waals surface area contributed by atoms with E-state index in [9.17, 15) is 14.7 Å². The fraction of sp³-hybridized carbons (Fsp3) is 0.476. The number of hydrogen-bond donors (Lipinski definition) is 1. The van der Waals surface area contributed by atoms with E-state index in [-0.39, 0.29) is 11.8 Å². The summed E-state index contributed by atoms with van der Waals surface area (Å²) in [5.41, 5.74) is 2.48. The van der Waals surface area contributed by atoms with E-state index in [0.717, 1.165) is 24.8 Å². The molecule has 1 aliphatic heterocycles. The summed E-state index contributed by atoms with van der Waals surface area (Å²) in [6.07, 6.45) is 2.45. The van der Waals surface area contributed by atoms with Gasteiger partial charge in [-0.15, -0.1) is 0 Å². The molecule has 27 heavy (non-hydrogen) atoms. The van der Waals surface area contributed by atoms with Crippen molar-refractivity contribution in [2.75, 3.05) is 13.1 Å². The molecule has 144 valence electrons. The highest BCUT2D eigenvalue weighted by atomic mass is 16.5. The summed E-state index contributed by atoms with van der Waals surface area (Å²) in [5, 5.41) is 13.3. The highest BCUT2D eigenvalue weighted by molar-refractivity contribution is 5.96. The molecular formula is C21H26N2O4. The normalized spacial score (nSPS) is 15.3. The molecule has 0 radical (unpaired) electrons. The molecule has 0 saturated carbocycles. The van der Waals surface area contributed by atoms with Crippen LogP contribution in [0.15, 0.2) is 28.8 Å². The third-order valence-corrected chi connectivity index (χ3v) is 5.29. The molecule has 1 saturated heterocycles. The van der Waals surface area contributed by atoms with Crippen molar-refractivity contribution in [3.8, 4) is 0 Å². The lowest BCUT2D eigenvalue weighted by Crippen LogP contribution is -2.39. The molecule has 1 N–H and O–H groups in total. The molecule has 0 atom stereocenters. The first-order chi connectivity index (χ1) is 12.9. The largest absolute Gasteiger partial charge is 0.478 e. The monoisotopic (exact) mass is 370 g/mol. The molecule has 1 aromatic carbocycles. The van der Waals surface area contributed by atoms with Gasteiger partial charge in [0.15, 0.2) is 5.76 Å². The van der Waals surface area contributed by atoms with Gasteiger partial charge in [0.1, 0.15) is 5.56 Å². The second-order valence-corrected chi connectivity index (χ2v) is 7.56. The van der Waals surface area contributed by atoms with Gasteiger partial charge >= 0.3 is 5.97 Å². The summed E-state index contributed by atoms with van der Waals surface area (Å²) in [6, 6.07) is 7.17. The van der Waals surface area contributed by atoms with Crippen LogP contribution in [0.1, 0.15) is 70.3 Å². The average Bonchev–Trinajstić information content (AvgIpc) is 3.04. The highest BCUT2D eigenvalue weighted by Gasteiger charge is 2.30. The number of aromatic nitrogens is 1. The maximum Gasteiger partial charge on any atom is 0.335 e. The maximum absolute atomic E-state index is 13.0. The quantitative estimate of drug-likeness (QED) is 0.863. The molecule has 1 fully saturated rings. The van der Waals surface area contributed by atoms with Gasteiger partial charge in [0, 0.05) is 19.0 Å². The van der Waals surface area contributed by atoms with Crippen LogP contribution in [0, 0.1) is 12.8 Å². The Morgan fingerprint density at radius 2 is 1.93 bits per heavy atom. The van der Waals surface area contributed by atoms with E-state index in [1.165, 1.54) is 0 Å². The summed E-state index contributed by atoms with van der Waals surface area (Å²) in [5.74, 6) is 0.233. The van der Waals surface area contributed by atoms with Gasteiger partial charge in [0.05, 0.1) is 11.3 Å².